The molecule has 1 spiro atoms. The second kappa shape index (κ2) is 8.21. The Morgan fingerprint density at radius 1 is 1.10 bits per heavy atom. The molecule has 0 N–H and O–H groups in total. The SMILES string of the molecule is CN(C(=O)c1ccccc1C=O)C1CCC2(CC1)CCN(c1cc(F)cc(F)c1)C2=O. The van der Waals surface area contributed by atoms with Crippen molar-refractivity contribution in [1.29, 1.82) is 0 Å². The zero-order chi connectivity index (χ0) is 22.2. The minimum atomic E-state index is -0.705. The number of halogens is 2. The lowest BCUT2D eigenvalue weighted by molar-refractivity contribution is -0.127. The fourth-order valence-corrected chi connectivity index (χ4v) is 4.92. The number of carbonyl (C=O) groups excluding carboxylic acids is 3. The van der Waals surface area contributed by atoms with Gasteiger partial charge < -0.3 is 9.80 Å². The summed E-state index contributed by atoms with van der Waals surface area (Å²) in [5.41, 5.74) is 0.426. The van der Waals surface area contributed by atoms with E-state index < -0.39 is 17.0 Å². The van der Waals surface area contributed by atoms with E-state index in [1.165, 1.54) is 17.0 Å². The van der Waals surface area contributed by atoms with Gasteiger partial charge in [-0.2, -0.15) is 0 Å². The average Bonchev–Trinajstić information content (AvgIpc) is 3.08. The highest BCUT2D eigenvalue weighted by molar-refractivity contribution is 6.02. The molecule has 4 rings (SSSR count). The summed E-state index contributed by atoms with van der Waals surface area (Å²) in [6.45, 7) is 0.424. The van der Waals surface area contributed by atoms with Crippen molar-refractivity contribution < 1.29 is 23.2 Å². The van der Waals surface area contributed by atoms with E-state index in [2.05, 4.69) is 0 Å². The van der Waals surface area contributed by atoms with Gasteiger partial charge in [0, 0.05) is 37.0 Å². The van der Waals surface area contributed by atoms with Crippen LogP contribution in [0.3, 0.4) is 0 Å². The molecule has 0 atom stereocenters. The summed E-state index contributed by atoms with van der Waals surface area (Å²) in [4.78, 5) is 40.5. The molecule has 0 bridgehead atoms. The quantitative estimate of drug-likeness (QED) is 0.688. The summed E-state index contributed by atoms with van der Waals surface area (Å²) in [5, 5.41) is 0. The van der Waals surface area contributed by atoms with E-state index in [1.54, 1.807) is 36.2 Å². The van der Waals surface area contributed by atoms with E-state index in [9.17, 15) is 23.2 Å². The van der Waals surface area contributed by atoms with Crippen LogP contribution in [0.25, 0.3) is 0 Å². The number of nitrogens with zero attached hydrogens (tertiary/aromatic N) is 2. The molecular weight excluding hydrogens is 402 g/mol. The molecule has 2 aromatic carbocycles. The first-order chi connectivity index (χ1) is 14.8. The number of benzene rings is 2. The molecule has 1 aliphatic carbocycles. The summed E-state index contributed by atoms with van der Waals surface area (Å²) >= 11 is 0. The third-order valence-corrected chi connectivity index (χ3v) is 6.77. The highest BCUT2D eigenvalue weighted by Gasteiger charge is 2.49. The Balaban J connectivity index is 1.45. The van der Waals surface area contributed by atoms with E-state index in [1.807, 2.05) is 0 Å². The molecule has 2 amide bonds. The molecule has 2 aliphatic rings. The third-order valence-electron chi connectivity index (χ3n) is 6.77. The Morgan fingerprint density at radius 2 is 1.74 bits per heavy atom. The number of rotatable bonds is 4. The minimum absolute atomic E-state index is 0.0358. The van der Waals surface area contributed by atoms with Crippen LogP contribution in [0, 0.1) is 17.0 Å². The van der Waals surface area contributed by atoms with Crippen LogP contribution in [0.15, 0.2) is 42.5 Å². The predicted molar refractivity (Wildman–Crippen MR) is 112 cm³/mol. The van der Waals surface area contributed by atoms with Gasteiger partial charge in [0.15, 0.2) is 6.29 Å². The zero-order valence-corrected chi connectivity index (χ0v) is 17.3. The molecule has 31 heavy (non-hydrogen) atoms. The highest BCUT2D eigenvalue weighted by atomic mass is 19.1. The van der Waals surface area contributed by atoms with Gasteiger partial charge in [-0.05, 0) is 50.3 Å². The lowest BCUT2D eigenvalue weighted by atomic mass is 9.71. The summed E-state index contributed by atoms with van der Waals surface area (Å²) in [5.74, 6) is -1.72. The average molecular weight is 426 g/mol. The second-order valence-corrected chi connectivity index (χ2v) is 8.47. The molecule has 162 valence electrons. The van der Waals surface area contributed by atoms with Crippen LogP contribution in [0.5, 0.6) is 0 Å². The molecule has 2 aromatic rings. The number of hydrogen-bond acceptors (Lipinski definition) is 3. The van der Waals surface area contributed by atoms with Crippen molar-refractivity contribution >= 4 is 23.8 Å². The van der Waals surface area contributed by atoms with Gasteiger partial charge in [0.1, 0.15) is 11.6 Å². The lowest BCUT2D eigenvalue weighted by Gasteiger charge is -2.39. The summed E-state index contributed by atoms with van der Waals surface area (Å²) < 4.78 is 27.2. The molecule has 0 aromatic heterocycles. The molecule has 1 saturated heterocycles. The topological polar surface area (TPSA) is 57.7 Å². The first-order valence-corrected chi connectivity index (χ1v) is 10.4. The minimum Gasteiger partial charge on any atom is -0.339 e. The van der Waals surface area contributed by atoms with Crippen molar-refractivity contribution in [3.05, 3.63) is 65.2 Å². The molecule has 1 heterocycles. The summed E-state index contributed by atoms with van der Waals surface area (Å²) in [7, 11) is 1.73. The van der Waals surface area contributed by atoms with Crippen molar-refractivity contribution in [3.8, 4) is 0 Å². The molecule has 2 fully saturated rings. The molecule has 1 aliphatic heterocycles. The van der Waals surface area contributed by atoms with Crippen molar-refractivity contribution in [2.45, 2.75) is 38.1 Å². The van der Waals surface area contributed by atoms with Crippen molar-refractivity contribution in [1.82, 2.24) is 4.90 Å². The van der Waals surface area contributed by atoms with Gasteiger partial charge in [-0.1, -0.05) is 18.2 Å². The Hall–Kier alpha value is -3.09. The van der Waals surface area contributed by atoms with Crippen LogP contribution in [-0.2, 0) is 4.79 Å². The van der Waals surface area contributed by atoms with Gasteiger partial charge >= 0.3 is 0 Å². The Kier molecular flexibility index (Phi) is 5.60. The molecule has 0 radical (unpaired) electrons. The van der Waals surface area contributed by atoms with E-state index in [-0.39, 0.29) is 23.5 Å². The number of anilines is 1. The van der Waals surface area contributed by atoms with Crippen LogP contribution in [0.4, 0.5) is 14.5 Å². The molecule has 5 nitrogen and oxygen atoms in total. The maximum atomic E-state index is 13.6. The maximum Gasteiger partial charge on any atom is 0.254 e. The highest BCUT2D eigenvalue weighted by Crippen LogP contribution is 2.47. The fourth-order valence-electron chi connectivity index (χ4n) is 4.92. The van der Waals surface area contributed by atoms with Crippen molar-refractivity contribution in [3.63, 3.8) is 0 Å². The Labute approximate surface area is 179 Å². The second-order valence-electron chi connectivity index (χ2n) is 8.47. The standard InChI is InChI=1S/C24H24F2N2O3/c1-27(22(30)21-5-3-2-4-16(21)15-29)19-6-8-24(9-7-19)10-11-28(23(24)31)20-13-17(25)12-18(26)14-20/h2-5,12-15,19H,6-11H2,1H3. The third kappa shape index (κ3) is 3.84. The van der Waals surface area contributed by atoms with E-state index in [4.69, 9.17) is 0 Å². The maximum absolute atomic E-state index is 13.6. The Bertz CT molecular complexity index is 1010. The van der Waals surface area contributed by atoms with Gasteiger partial charge in [-0.25, -0.2) is 8.78 Å². The monoisotopic (exact) mass is 426 g/mol. The van der Waals surface area contributed by atoms with Gasteiger partial charge in [-0.3, -0.25) is 14.4 Å². The molecule has 0 unspecified atom stereocenters. The molecular formula is C24H24F2N2O3. The number of hydrogen-bond donors (Lipinski definition) is 0. The van der Waals surface area contributed by atoms with Gasteiger partial charge in [0.25, 0.3) is 5.91 Å². The van der Waals surface area contributed by atoms with Crippen LogP contribution >= 0.6 is 0 Å². The van der Waals surface area contributed by atoms with Crippen LogP contribution < -0.4 is 4.90 Å². The first kappa shape index (κ1) is 21.2. The molecule has 7 heteroatoms. The first-order valence-electron chi connectivity index (χ1n) is 10.4. The largest absolute Gasteiger partial charge is 0.339 e. The lowest BCUT2D eigenvalue weighted by Crippen LogP contribution is -2.44. The summed E-state index contributed by atoms with van der Waals surface area (Å²) in [6.07, 6.45) is 3.83. The van der Waals surface area contributed by atoms with E-state index in [0.717, 1.165) is 6.07 Å². The van der Waals surface area contributed by atoms with Crippen molar-refractivity contribution in [2.75, 3.05) is 18.5 Å². The van der Waals surface area contributed by atoms with E-state index >= 15 is 0 Å². The molecule has 1 saturated carbocycles. The normalized spacial score (nSPS) is 23.3. The van der Waals surface area contributed by atoms with Gasteiger partial charge in [0.05, 0.1) is 11.0 Å². The fraction of sp³-hybridized carbons (Fsp3) is 0.375. The Morgan fingerprint density at radius 3 is 2.39 bits per heavy atom. The van der Waals surface area contributed by atoms with Gasteiger partial charge in [-0.15, -0.1) is 0 Å². The smallest absolute Gasteiger partial charge is 0.254 e. The van der Waals surface area contributed by atoms with Crippen LogP contribution in [-0.4, -0.2) is 42.6 Å². The summed E-state index contributed by atoms with van der Waals surface area (Å²) in [6, 6.07) is 9.82. The predicted octanol–water partition coefficient (Wildman–Crippen LogP) is 4.22. The van der Waals surface area contributed by atoms with Gasteiger partial charge in [0.2, 0.25) is 5.91 Å². The zero-order valence-electron chi connectivity index (χ0n) is 17.3. The number of amides is 2. The van der Waals surface area contributed by atoms with Crippen LogP contribution in [0.1, 0.15) is 52.8 Å². The number of aldehydes is 1. The number of carbonyl (C=O) groups is 3. The van der Waals surface area contributed by atoms with Crippen molar-refractivity contribution in [2.24, 2.45) is 5.41 Å². The van der Waals surface area contributed by atoms with Crippen LogP contribution in [0.2, 0.25) is 0 Å². The van der Waals surface area contributed by atoms with E-state index in [0.29, 0.717) is 56.1 Å².